The Morgan fingerprint density at radius 2 is 1.75 bits per heavy atom. The highest BCUT2D eigenvalue weighted by Gasteiger charge is 2.35. The van der Waals surface area contributed by atoms with Crippen molar-refractivity contribution in [1.82, 2.24) is 0 Å². The summed E-state index contributed by atoms with van der Waals surface area (Å²) < 4.78 is 0. The number of halogens is 2. The lowest BCUT2D eigenvalue weighted by Crippen LogP contribution is -2.41. The molecule has 1 heterocycles. The van der Waals surface area contributed by atoms with Crippen molar-refractivity contribution < 1.29 is 0 Å². The summed E-state index contributed by atoms with van der Waals surface area (Å²) in [5.74, 6) is 0. The second kappa shape index (κ2) is 6.27. The molecule has 1 nitrogen and oxygen atoms in total. The highest BCUT2D eigenvalue weighted by atomic mass is 79.9. The van der Waals surface area contributed by atoms with Crippen molar-refractivity contribution in [3.63, 3.8) is 0 Å². The summed E-state index contributed by atoms with van der Waals surface area (Å²) in [5, 5.41) is 1.75. The zero-order valence-electron chi connectivity index (χ0n) is 12.0. The Hall–Kier alpha value is -0.210. The molecule has 1 aromatic carbocycles. The van der Waals surface area contributed by atoms with Crippen molar-refractivity contribution in [2.24, 2.45) is 5.41 Å². The van der Waals surface area contributed by atoms with Crippen LogP contribution in [0.1, 0.15) is 50.5 Å². The molecule has 0 atom stereocenters. The van der Waals surface area contributed by atoms with E-state index in [-0.39, 0.29) is 0 Å². The Bertz CT molecular complexity index is 458. The standard InChI is InChI=1S/C17H23BrClN/c18-13-14-4-5-15(19)12-16(14)20-10-8-17(9-11-20)6-2-1-3-7-17/h4-5,12H,1-3,6-11,13H2. The Kier molecular flexibility index (Phi) is 4.62. The highest BCUT2D eigenvalue weighted by Crippen LogP contribution is 2.45. The summed E-state index contributed by atoms with van der Waals surface area (Å²) in [6, 6.07) is 6.28. The fourth-order valence-electron chi connectivity index (χ4n) is 3.97. The van der Waals surface area contributed by atoms with Gasteiger partial charge in [0.1, 0.15) is 0 Å². The monoisotopic (exact) mass is 355 g/mol. The van der Waals surface area contributed by atoms with E-state index in [1.54, 1.807) is 0 Å². The van der Waals surface area contributed by atoms with Crippen LogP contribution in [0.2, 0.25) is 5.02 Å². The molecule has 0 radical (unpaired) electrons. The summed E-state index contributed by atoms with van der Waals surface area (Å²) >= 11 is 9.79. The van der Waals surface area contributed by atoms with Gasteiger partial charge in [0.05, 0.1) is 0 Å². The average Bonchev–Trinajstić information content (AvgIpc) is 2.49. The van der Waals surface area contributed by atoms with Gasteiger partial charge in [-0.2, -0.15) is 0 Å². The van der Waals surface area contributed by atoms with Gasteiger partial charge in [0, 0.05) is 29.1 Å². The van der Waals surface area contributed by atoms with E-state index in [0.717, 1.165) is 10.4 Å². The van der Waals surface area contributed by atoms with E-state index in [0.29, 0.717) is 5.41 Å². The number of anilines is 1. The van der Waals surface area contributed by atoms with Gasteiger partial charge in [-0.05, 0) is 48.8 Å². The second-order valence-electron chi connectivity index (χ2n) is 6.45. The number of benzene rings is 1. The zero-order chi connectivity index (χ0) is 14.0. The lowest BCUT2D eigenvalue weighted by atomic mass is 9.68. The third-order valence-electron chi connectivity index (χ3n) is 5.27. The van der Waals surface area contributed by atoms with Gasteiger partial charge in [-0.1, -0.05) is 52.9 Å². The van der Waals surface area contributed by atoms with E-state index in [9.17, 15) is 0 Å². The molecule has 0 aromatic heterocycles. The first-order valence-electron chi connectivity index (χ1n) is 7.82. The minimum absolute atomic E-state index is 0.669. The van der Waals surface area contributed by atoms with Crippen LogP contribution in [0.3, 0.4) is 0 Å². The predicted octanol–water partition coefficient (Wildman–Crippen LogP) is 5.79. The molecule has 0 amide bonds. The molecule has 1 saturated heterocycles. The largest absolute Gasteiger partial charge is 0.371 e. The lowest BCUT2D eigenvalue weighted by molar-refractivity contribution is 0.144. The molecule has 1 saturated carbocycles. The molecule has 1 aliphatic heterocycles. The minimum atomic E-state index is 0.669. The van der Waals surface area contributed by atoms with Crippen LogP contribution in [0.4, 0.5) is 5.69 Å². The van der Waals surface area contributed by atoms with Crippen molar-refractivity contribution in [3.8, 4) is 0 Å². The first-order valence-corrected chi connectivity index (χ1v) is 9.32. The number of nitrogens with zero attached hydrogens (tertiary/aromatic N) is 1. The van der Waals surface area contributed by atoms with Crippen molar-refractivity contribution in [2.45, 2.75) is 50.3 Å². The van der Waals surface area contributed by atoms with Crippen molar-refractivity contribution in [1.29, 1.82) is 0 Å². The molecular formula is C17H23BrClN. The Balaban J connectivity index is 1.73. The minimum Gasteiger partial charge on any atom is -0.371 e. The van der Waals surface area contributed by atoms with Crippen molar-refractivity contribution in [2.75, 3.05) is 18.0 Å². The van der Waals surface area contributed by atoms with E-state index < -0.39 is 0 Å². The van der Waals surface area contributed by atoms with E-state index >= 15 is 0 Å². The maximum absolute atomic E-state index is 6.19. The molecule has 110 valence electrons. The first kappa shape index (κ1) is 14.7. The van der Waals surface area contributed by atoms with Gasteiger partial charge < -0.3 is 4.90 Å². The summed E-state index contributed by atoms with van der Waals surface area (Å²) in [5.41, 5.74) is 3.36. The van der Waals surface area contributed by atoms with Crippen LogP contribution in [0.5, 0.6) is 0 Å². The topological polar surface area (TPSA) is 3.24 Å². The molecule has 3 heteroatoms. The molecule has 0 N–H and O–H groups in total. The molecule has 0 bridgehead atoms. The highest BCUT2D eigenvalue weighted by molar-refractivity contribution is 9.08. The molecule has 1 spiro atoms. The molecular weight excluding hydrogens is 334 g/mol. The Morgan fingerprint density at radius 3 is 2.40 bits per heavy atom. The maximum atomic E-state index is 6.19. The average molecular weight is 357 g/mol. The van der Waals surface area contributed by atoms with Crippen LogP contribution < -0.4 is 4.90 Å². The van der Waals surface area contributed by atoms with Gasteiger partial charge >= 0.3 is 0 Å². The van der Waals surface area contributed by atoms with Gasteiger partial charge in [0.2, 0.25) is 0 Å². The molecule has 2 aliphatic rings. The smallest absolute Gasteiger partial charge is 0.0426 e. The Morgan fingerprint density at radius 1 is 1.05 bits per heavy atom. The van der Waals surface area contributed by atoms with Crippen LogP contribution in [0.15, 0.2) is 18.2 Å². The summed E-state index contributed by atoms with van der Waals surface area (Å²) in [7, 11) is 0. The number of hydrogen-bond acceptors (Lipinski definition) is 1. The van der Waals surface area contributed by atoms with E-state index in [1.807, 2.05) is 6.07 Å². The summed E-state index contributed by atoms with van der Waals surface area (Å²) in [4.78, 5) is 2.54. The zero-order valence-corrected chi connectivity index (χ0v) is 14.3. The van der Waals surface area contributed by atoms with Gasteiger partial charge in [-0.25, -0.2) is 0 Å². The van der Waals surface area contributed by atoms with Gasteiger partial charge in [-0.3, -0.25) is 0 Å². The Labute approximate surface area is 135 Å². The number of rotatable bonds is 2. The normalized spacial score (nSPS) is 22.2. The SMILES string of the molecule is Clc1ccc(CBr)c(N2CCC3(CCCCC3)CC2)c1. The van der Waals surface area contributed by atoms with Gasteiger partial charge in [-0.15, -0.1) is 0 Å². The third-order valence-corrected chi connectivity index (χ3v) is 6.11. The molecule has 0 unspecified atom stereocenters. The predicted molar refractivity (Wildman–Crippen MR) is 91.0 cm³/mol. The quantitative estimate of drug-likeness (QED) is 0.607. The lowest BCUT2D eigenvalue weighted by Gasteiger charge is -2.45. The second-order valence-corrected chi connectivity index (χ2v) is 7.45. The molecule has 2 fully saturated rings. The summed E-state index contributed by atoms with van der Waals surface area (Å²) in [6.07, 6.45) is 9.99. The van der Waals surface area contributed by atoms with Crippen LogP contribution in [-0.2, 0) is 5.33 Å². The number of piperidine rings is 1. The third kappa shape index (κ3) is 3.01. The molecule has 1 aromatic rings. The molecule has 20 heavy (non-hydrogen) atoms. The molecule has 1 aliphatic carbocycles. The van der Waals surface area contributed by atoms with Gasteiger partial charge in [0.15, 0.2) is 0 Å². The van der Waals surface area contributed by atoms with Crippen LogP contribution in [0, 0.1) is 5.41 Å². The van der Waals surface area contributed by atoms with E-state index in [2.05, 4.69) is 33.0 Å². The van der Waals surface area contributed by atoms with Crippen LogP contribution >= 0.6 is 27.5 Å². The van der Waals surface area contributed by atoms with Crippen LogP contribution in [0.25, 0.3) is 0 Å². The maximum Gasteiger partial charge on any atom is 0.0426 e. The van der Waals surface area contributed by atoms with E-state index in [1.165, 1.54) is 69.3 Å². The number of hydrogen-bond donors (Lipinski definition) is 0. The van der Waals surface area contributed by atoms with E-state index in [4.69, 9.17) is 11.6 Å². The number of alkyl halides is 1. The van der Waals surface area contributed by atoms with Crippen molar-refractivity contribution >= 4 is 33.2 Å². The fourth-order valence-corrected chi connectivity index (χ4v) is 4.61. The van der Waals surface area contributed by atoms with Crippen molar-refractivity contribution in [3.05, 3.63) is 28.8 Å². The first-order chi connectivity index (χ1) is 9.72. The fraction of sp³-hybridized carbons (Fsp3) is 0.647. The van der Waals surface area contributed by atoms with Gasteiger partial charge in [0.25, 0.3) is 0 Å². The molecule has 3 rings (SSSR count). The van der Waals surface area contributed by atoms with Crippen LogP contribution in [-0.4, -0.2) is 13.1 Å². The summed E-state index contributed by atoms with van der Waals surface area (Å²) in [6.45, 7) is 2.39.